The van der Waals surface area contributed by atoms with Gasteiger partial charge in [-0.1, -0.05) is 36.4 Å². The molecule has 1 aliphatic heterocycles. The van der Waals surface area contributed by atoms with Crippen molar-refractivity contribution >= 4 is 33.6 Å². The fraction of sp³-hybridized carbons (Fsp3) is 0.333. The van der Waals surface area contributed by atoms with E-state index in [2.05, 4.69) is 11.4 Å². The number of carbonyl (C=O) groups is 2. The SMILES string of the molecule is CNC(=O)C[NH+]1CCN(C(=O)c2oc3c(ccc4ccccc43)c2C)CC1. The molecule has 0 aliphatic carbocycles. The molecule has 2 heterocycles. The van der Waals surface area contributed by atoms with Crippen LogP contribution in [0.25, 0.3) is 21.7 Å². The van der Waals surface area contributed by atoms with Gasteiger partial charge >= 0.3 is 0 Å². The zero-order valence-corrected chi connectivity index (χ0v) is 15.7. The number of nitrogens with zero attached hydrogens (tertiary/aromatic N) is 1. The van der Waals surface area contributed by atoms with Crippen molar-refractivity contribution in [3.8, 4) is 0 Å². The second kappa shape index (κ2) is 7.04. The van der Waals surface area contributed by atoms with E-state index >= 15 is 0 Å². The van der Waals surface area contributed by atoms with Gasteiger partial charge in [-0.2, -0.15) is 0 Å². The van der Waals surface area contributed by atoms with Gasteiger partial charge in [0.1, 0.15) is 5.58 Å². The number of hydrogen-bond donors (Lipinski definition) is 2. The minimum Gasteiger partial charge on any atom is -0.450 e. The van der Waals surface area contributed by atoms with Crippen molar-refractivity contribution in [1.29, 1.82) is 0 Å². The molecule has 0 radical (unpaired) electrons. The van der Waals surface area contributed by atoms with Crippen LogP contribution in [0.1, 0.15) is 16.1 Å². The van der Waals surface area contributed by atoms with Crippen molar-refractivity contribution < 1.29 is 18.9 Å². The second-order valence-electron chi connectivity index (χ2n) is 7.11. The van der Waals surface area contributed by atoms with Gasteiger partial charge in [-0.3, -0.25) is 9.59 Å². The van der Waals surface area contributed by atoms with Gasteiger partial charge in [0.25, 0.3) is 11.8 Å². The molecule has 4 rings (SSSR count). The number of piperazine rings is 1. The summed E-state index contributed by atoms with van der Waals surface area (Å²) in [6.07, 6.45) is 0. The Morgan fingerprint density at radius 3 is 2.59 bits per heavy atom. The highest BCUT2D eigenvalue weighted by molar-refractivity contribution is 6.08. The summed E-state index contributed by atoms with van der Waals surface area (Å²) in [7, 11) is 1.65. The summed E-state index contributed by atoms with van der Waals surface area (Å²) in [5.74, 6) is 0.396. The molecule has 1 saturated heterocycles. The van der Waals surface area contributed by atoms with E-state index in [9.17, 15) is 9.59 Å². The summed E-state index contributed by atoms with van der Waals surface area (Å²) in [5, 5.41) is 5.77. The van der Waals surface area contributed by atoms with Gasteiger partial charge in [-0.05, 0) is 12.3 Å². The van der Waals surface area contributed by atoms with Crippen LogP contribution in [0.3, 0.4) is 0 Å². The smallest absolute Gasteiger partial charge is 0.290 e. The fourth-order valence-electron chi connectivity index (χ4n) is 3.82. The van der Waals surface area contributed by atoms with Gasteiger partial charge in [0.15, 0.2) is 12.3 Å². The lowest BCUT2D eigenvalue weighted by Crippen LogP contribution is -3.15. The topological polar surface area (TPSA) is 67.0 Å². The number of nitrogens with one attached hydrogen (secondary N) is 2. The minimum absolute atomic E-state index is 0.0322. The normalized spacial score (nSPS) is 15.4. The van der Waals surface area contributed by atoms with E-state index in [1.165, 1.54) is 4.90 Å². The number of hydrogen-bond acceptors (Lipinski definition) is 3. The van der Waals surface area contributed by atoms with Gasteiger partial charge in [-0.25, -0.2) is 0 Å². The van der Waals surface area contributed by atoms with Crippen LogP contribution in [-0.4, -0.2) is 56.5 Å². The Hall–Kier alpha value is -2.86. The number of rotatable bonds is 3. The maximum Gasteiger partial charge on any atom is 0.290 e. The zero-order valence-electron chi connectivity index (χ0n) is 15.7. The van der Waals surface area contributed by atoms with Gasteiger partial charge in [0.05, 0.1) is 26.2 Å². The summed E-state index contributed by atoms with van der Waals surface area (Å²) in [4.78, 5) is 27.6. The number of amides is 2. The van der Waals surface area contributed by atoms with E-state index in [1.807, 2.05) is 42.2 Å². The molecule has 1 fully saturated rings. The third-order valence-corrected chi connectivity index (χ3v) is 5.47. The lowest BCUT2D eigenvalue weighted by Gasteiger charge is -2.31. The predicted molar refractivity (Wildman–Crippen MR) is 104 cm³/mol. The van der Waals surface area contributed by atoms with Crippen LogP contribution in [0.4, 0.5) is 0 Å². The molecule has 3 aromatic rings. The highest BCUT2D eigenvalue weighted by Crippen LogP contribution is 2.32. The van der Waals surface area contributed by atoms with E-state index in [1.54, 1.807) is 7.05 Å². The highest BCUT2D eigenvalue weighted by Gasteiger charge is 2.29. The van der Waals surface area contributed by atoms with Gasteiger partial charge in [-0.15, -0.1) is 0 Å². The molecule has 2 amide bonds. The predicted octanol–water partition coefficient (Wildman–Crippen LogP) is 0.981. The third-order valence-electron chi connectivity index (χ3n) is 5.47. The molecule has 0 spiro atoms. The van der Waals surface area contributed by atoms with Crippen molar-refractivity contribution in [3.63, 3.8) is 0 Å². The molecule has 140 valence electrons. The third kappa shape index (κ3) is 3.17. The first-order chi connectivity index (χ1) is 13.1. The Morgan fingerprint density at radius 2 is 1.85 bits per heavy atom. The molecule has 0 bridgehead atoms. The molecule has 1 aliphatic rings. The lowest BCUT2D eigenvalue weighted by atomic mass is 10.1. The quantitative estimate of drug-likeness (QED) is 0.726. The average Bonchev–Trinajstić information content (AvgIpc) is 3.05. The minimum atomic E-state index is -0.0632. The molecule has 1 aromatic heterocycles. The first-order valence-electron chi connectivity index (χ1n) is 9.32. The Labute approximate surface area is 157 Å². The molecule has 27 heavy (non-hydrogen) atoms. The summed E-state index contributed by atoms with van der Waals surface area (Å²) in [6.45, 7) is 5.18. The maximum atomic E-state index is 13.1. The Morgan fingerprint density at radius 1 is 1.11 bits per heavy atom. The van der Waals surface area contributed by atoms with E-state index in [-0.39, 0.29) is 11.8 Å². The van der Waals surface area contributed by atoms with Crippen molar-refractivity contribution in [2.45, 2.75) is 6.92 Å². The first kappa shape index (κ1) is 17.5. The summed E-state index contributed by atoms with van der Waals surface area (Å²) >= 11 is 0. The van der Waals surface area contributed by atoms with Crippen LogP contribution in [0.15, 0.2) is 40.8 Å². The number of aryl methyl sites for hydroxylation is 1. The van der Waals surface area contributed by atoms with E-state index in [4.69, 9.17) is 4.42 Å². The number of quaternary nitrogens is 1. The molecule has 0 atom stereocenters. The van der Waals surface area contributed by atoms with E-state index in [0.29, 0.717) is 25.4 Å². The monoisotopic (exact) mass is 366 g/mol. The number of furan rings is 1. The van der Waals surface area contributed by atoms with Crippen LogP contribution in [-0.2, 0) is 4.79 Å². The molecule has 0 saturated carbocycles. The van der Waals surface area contributed by atoms with Crippen molar-refractivity contribution in [1.82, 2.24) is 10.2 Å². The first-order valence-corrected chi connectivity index (χ1v) is 9.32. The molecule has 6 heteroatoms. The van der Waals surface area contributed by atoms with E-state index in [0.717, 1.165) is 40.4 Å². The molecule has 6 nitrogen and oxygen atoms in total. The van der Waals surface area contributed by atoms with Crippen molar-refractivity contribution in [2.24, 2.45) is 0 Å². The average molecular weight is 366 g/mol. The number of carbonyl (C=O) groups excluding carboxylic acids is 2. The standard InChI is InChI=1S/C21H23N3O3/c1-14-16-8-7-15-5-3-4-6-17(15)20(16)27-19(14)21(26)24-11-9-23(10-12-24)13-18(25)22-2/h3-8H,9-13H2,1-2H3,(H,22,25)/p+1. The van der Waals surface area contributed by atoms with Gasteiger partial charge < -0.3 is 19.5 Å². The Kier molecular flexibility index (Phi) is 4.58. The number of fused-ring (bicyclic) bond motifs is 3. The van der Waals surface area contributed by atoms with Crippen LogP contribution in [0.2, 0.25) is 0 Å². The number of likely N-dealkylation sites (N-methyl/N-ethyl adjacent to an activating group) is 1. The molecular formula is C21H24N3O3+. The summed E-state index contributed by atoms with van der Waals surface area (Å²) < 4.78 is 6.07. The Bertz CT molecular complexity index is 1020. The highest BCUT2D eigenvalue weighted by atomic mass is 16.3. The lowest BCUT2D eigenvalue weighted by molar-refractivity contribution is -0.896. The van der Waals surface area contributed by atoms with Crippen LogP contribution < -0.4 is 10.2 Å². The fourth-order valence-corrected chi connectivity index (χ4v) is 3.82. The molecular weight excluding hydrogens is 342 g/mol. The Balaban J connectivity index is 1.58. The van der Waals surface area contributed by atoms with Crippen LogP contribution in [0.5, 0.6) is 0 Å². The summed E-state index contributed by atoms with van der Waals surface area (Å²) in [5.41, 5.74) is 1.67. The van der Waals surface area contributed by atoms with Crippen molar-refractivity contribution in [3.05, 3.63) is 47.7 Å². The van der Waals surface area contributed by atoms with Crippen LogP contribution in [0, 0.1) is 6.92 Å². The maximum absolute atomic E-state index is 13.1. The molecule has 0 unspecified atom stereocenters. The van der Waals surface area contributed by atoms with Gasteiger partial charge in [0, 0.05) is 23.4 Å². The van der Waals surface area contributed by atoms with Gasteiger partial charge in [0.2, 0.25) is 0 Å². The summed E-state index contributed by atoms with van der Waals surface area (Å²) in [6, 6.07) is 12.1. The number of benzene rings is 2. The van der Waals surface area contributed by atoms with E-state index < -0.39 is 0 Å². The second-order valence-corrected chi connectivity index (χ2v) is 7.11. The molecule has 2 N–H and O–H groups in total. The van der Waals surface area contributed by atoms with Crippen molar-refractivity contribution in [2.75, 3.05) is 39.8 Å². The zero-order chi connectivity index (χ0) is 19.0. The largest absolute Gasteiger partial charge is 0.450 e. The molecule has 2 aromatic carbocycles. The van der Waals surface area contributed by atoms with Crippen LogP contribution >= 0.6 is 0 Å².